The average molecular weight is 209 g/mol. The molecule has 0 bridgehead atoms. The van der Waals surface area contributed by atoms with Gasteiger partial charge in [-0.3, -0.25) is 0 Å². The van der Waals surface area contributed by atoms with Crippen LogP contribution in [-0.2, 0) is 0 Å². The molecule has 1 aliphatic heterocycles. The maximum Gasteiger partial charge on any atom is 0.246 e. The van der Waals surface area contributed by atoms with Crippen LogP contribution in [0.3, 0.4) is 0 Å². The minimum absolute atomic E-state index is 0.0803. The van der Waals surface area contributed by atoms with Gasteiger partial charge in [-0.2, -0.15) is 0 Å². The standard InChI is InChI=1S/C11H15NO3/c1-11(2)14-9-4-3-7(8(12)6-13)5-10(9)15-11/h3-5,8,13H,6,12H2,1-2H3. The van der Waals surface area contributed by atoms with Gasteiger partial charge < -0.3 is 20.3 Å². The van der Waals surface area contributed by atoms with Crippen LogP contribution in [0.2, 0.25) is 0 Å². The minimum Gasteiger partial charge on any atom is -0.449 e. The number of rotatable bonds is 2. The van der Waals surface area contributed by atoms with E-state index in [1.165, 1.54) is 0 Å². The molecule has 1 aromatic rings. The van der Waals surface area contributed by atoms with Crippen LogP contribution in [0, 0.1) is 0 Å². The molecule has 2 rings (SSSR count). The lowest BCUT2D eigenvalue weighted by molar-refractivity contribution is -0.0431. The van der Waals surface area contributed by atoms with Crippen LogP contribution in [-0.4, -0.2) is 17.5 Å². The zero-order valence-electron chi connectivity index (χ0n) is 8.86. The van der Waals surface area contributed by atoms with Gasteiger partial charge >= 0.3 is 0 Å². The maximum atomic E-state index is 8.94. The topological polar surface area (TPSA) is 64.7 Å². The molecule has 0 saturated carbocycles. The Morgan fingerprint density at radius 2 is 2.00 bits per heavy atom. The van der Waals surface area contributed by atoms with E-state index < -0.39 is 5.79 Å². The van der Waals surface area contributed by atoms with Crippen LogP contribution in [0.1, 0.15) is 25.5 Å². The van der Waals surface area contributed by atoms with E-state index in [1.807, 2.05) is 32.0 Å². The second kappa shape index (κ2) is 3.40. The summed E-state index contributed by atoms with van der Waals surface area (Å²) in [6, 6.07) is 5.09. The molecule has 4 nitrogen and oxygen atoms in total. The van der Waals surface area contributed by atoms with Crippen molar-refractivity contribution < 1.29 is 14.6 Å². The smallest absolute Gasteiger partial charge is 0.246 e. The van der Waals surface area contributed by atoms with E-state index in [4.69, 9.17) is 20.3 Å². The third kappa shape index (κ3) is 1.91. The summed E-state index contributed by atoms with van der Waals surface area (Å²) >= 11 is 0. The molecule has 0 spiro atoms. The van der Waals surface area contributed by atoms with Gasteiger partial charge in [-0.25, -0.2) is 0 Å². The highest BCUT2D eigenvalue weighted by Gasteiger charge is 2.31. The number of aliphatic hydroxyl groups is 1. The molecule has 1 atom stereocenters. The summed E-state index contributed by atoms with van der Waals surface area (Å²) in [6.45, 7) is 3.61. The summed E-state index contributed by atoms with van der Waals surface area (Å²) in [6.07, 6.45) is 0. The minimum atomic E-state index is -0.621. The highest BCUT2D eigenvalue weighted by atomic mass is 16.7. The number of benzene rings is 1. The highest BCUT2D eigenvalue weighted by molar-refractivity contribution is 5.46. The summed E-state index contributed by atoms with van der Waals surface area (Å²) in [7, 11) is 0. The molecule has 4 heteroatoms. The molecule has 0 aromatic heterocycles. The van der Waals surface area contributed by atoms with E-state index in [-0.39, 0.29) is 12.6 Å². The normalized spacial score (nSPS) is 18.9. The molecule has 1 aromatic carbocycles. The molecule has 1 aliphatic rings. The van der Waals surface area contributed by atoms with Crippen molar-refractivity contribution in [3.05, 3.63) is 23.8 Å². The van der Waals surface area contributed by atoms with Crippen LogP contribution < -0.4 is 15.2 Å². The number of nitrogens with two attached hydrogens (primary N) is 1. The summed E-state index contributed by atoms with van der Waals surface area (Å²) in [5.74, 6) is 0.778. The molecule has 3 N–H and O–H groups in total. The van der Waals surface area contributed by atoms with E-state index in [1.54, 1.807) is 0 Å². The number of hydrogen-bond donors (Lipinski definition) is 2. The lowest BCUT2D eigenvalue weighted by Crippen LogP contribution is -2.29. The highest BCUT2D eigenvalue weighted by Crippen LogP contribution is 2.40. The average Bonchev–Trinajstić information content (AvgIpc) is 2.49. The summed E-state index contributed by atoms with van der Waals surface area (Å²) in [5, 5.41) is 8.94. The molecule has 1 unspecified atom stereocenters. The molecular formula is C11H15NO3. The monoisotopic (exact) mass is 209 g/mol. The third-order valence-electron chi connectivity index (χ3n) is 2.30. The Balaban J connectivity index is 2.30. The molecule has 15 heavy (non-hydrogen) atoms. The Kier molecular flexibility index (Phi) is 2.32. The van der Waals surface area contributed by atoms with Crippen LogP contribution in [0.5, 0.6) is 11.5 Å². The Morgan fingerprint density at radius 1 is 1.33 bits per heavy atom. The number of ether oxygens (including phenoxy) is 2. The predicted molar refractivity (Wildman–Crippen MR) is 55.8 cm³/mol. The van der Waals surface area contributed by atoms with E-state index >= 15 is 0 Å². The van der Waals surface area contributed by atoms with Gasteiger partial charge in [-0.15, -0.1) is 0 Å². The van der Waals surface area contributed by atoms with Crippen LogP contribution >= 0.6 is 0 Å². The molecule has 0 saturated heterocycles. The fourth-order valence-electron chi connectivity index (χ4n) is 1.58. The lowest BCUT2D eigenvalue weighted by Gasteiger charge is -2.16. The molecule has 0 amide bonds. The van der Waals surface area contributed by atoms with Gasteiger partial charge in [0.2, 0.25) is 5.79 Å². The maximum absolute atomic E-state index is 8.94. The first-order chi connectivity index (χ1) is 7.02. The summed E-state index contributed by atoms with van der Waals surface area (Å²) in [5.41, 5.74) is 6.55. The quantitative estimate of drug-likeness (QED) is 0.767. The van der Waals surface area contributed by atoms with E-state index in [9.17, 15) is 0 Å². The second-order valence-electron chi connectivity index (χ2n) is 4.10. The molecule has 82 valence electrons. The van der Waals surface area contributed by atoms with Gasteiger partial charge in [-0.1, -0.05) is 6.07 Å². The Morgan fingerprint density at radius 3 is 2.67 bits per heavy atom. The van der Waals surface area contributed by atoms with E-state index in [0.29, 0.717) is 11.5 Å². The van der Waals surface area contributed by atoms with Gasteiger partial charge in [0.1, 0.15) is 0 Å². The zero-order valence-corrected chi connectivity index (χ0v) is 8.86. The molecule has 0 aliphatic carbocycles. The van der Waals surface area contributed by atoms with Gasteiger partial charge in [0.05, 0.1) is 12.6 Å². The zero-order chi connectivity index (χ0) is 11.1. The number of aliphatic hydroxyl groups excluding tert-OH is 1. The first kappa shape index (κ1) is 10.3. The fourth-order valence-corrected chi connectivity index (χ4v) is 1.58. The largest absolute Gasteiger partial charge is 0.449 e. The Bertz CT molecular complexity index is 376. The van der Waals surface area contributed by atoms with Crippen molar-refractivity contribution in [3.63, 3.8) is 0 Å². The van der Waals surface area contributed by atoms with Crippen molar-refractivity contribution in [1.29, 1.82) is 0 Å². The predicted octanol–water partition coefficient (Wildman–Crippen LogP) is 1.19. The summed E-state index contributed by atoms with van der Waals surface area (Å²) < 4.78 is 11.1. The van der Waals surface area contributed by atoms with Crippen molar-refractivity contribution in [1.82, 2.24) is 0 Å². The number of hydrogen-bond acceptors (Lipinski definition) is 4. The third-order valence-corrected chi connectivity index (χ3v) is 2.30. The van der Waals surface area contributed by atoms with E-state index in [2.05, 4.69) is 0 Å². The first-order valence-electron chi connectivity index (χ1n) is 4.90. The second-order valence-corrected chi connectivity index (χ2v) is 4.10. The van der Waals surface area contributed by atoms with Crippen molar-refractivity contribution in [3.8, 4) is 11.5 Å². The molecule has 0 fully saturated rings. The molecular weight excluding hydrogens is 194 g/mol. The van der Waals surface area contributed by atoms with Crippen LogP contribution in [0.15, 0.2) is 18.2 Å². The Hall–Kier alpha value is -1.26. The summed E-state index contributed by atoms with van der Waals surface area (Å²) in [4.78, 5) is 0. The van der Waals surface area contributed by atoms with E-state index in [0.717, 1.165) is 5.56 Å². The Labute approximate surface area is 88.6 Å². The van der Waals surface area contributed by atoms with Crippen molar-refractivity contribution in [2.45, 2.75) is 25.7 Å². The van der Waals surface area contributed by atoms with Crippen molar-refractivity contribution >= 4 is 0 Å². The molecule has 0 radical (unpaired) electrons. The van der Waals surface area contributed by atoms with Gasteiger partial charge in [0.25, 0.3) is 0 Å². The number of fused-ring (bicyclic) bond motifs is 1. The van der Waals surface area contributed by atoms with Gasteiger partial charge in [0, 0.05) is 13.8 Å². The lowest BCUT2D eigenvalue weighted by atomic mass is 10.1. The van der Waals surface area contributed by atoms with Crippen LogP contribution in [0.25, 0.3) is 0 Å². The molecule has 1 heterocycles. The fraction of sp³-hybridized carbons (Fsp3) is 0.455. The van der Waals surface area contributed by atoms with Crippen molar-refractivity contribution in [2.24, 2.45) is 5.73 Å². The SMILES string of the molecule is CC1(C)Oc2ccc(C(N)CO)cc2O1. The van der Waals surface area contributed by atoms with Gasteiger partial charge in [-0.05, 0) is 17.7 Å². The van der Waals surface area contributed by atoms with Gasteiger partial charge in [0.15, 0.2) is 11.5 Å². The first-order valence-corrected chi connectivity index (χ1v) is 4.90. The van der Waals surface area contributed by atoms with Crippen LogP contribution in [0.4, 0.5) is 0 Å². The van der Waals surface area contributed by atoms with Crippen molar-refractivity contribution in [2.75, 3.05) is 6.61 Å².